The number of hydrogen-bond donors (Lipinski definition) is 2. The van der Waals surface area contributed by atoms with E-state index in [9.17, 15) is 9.18 Å². The maximum Gasteiger partial charge on any atom is 0.251 e. The second-order valence-electron chi connectivity index (χ2n) is 8.34. The monoisotopic (exact) mass is 391 g/mol. The van der Waals surface area contributed by atoms with Crippen LogP contribution in [0, 0.1) is 11.7 Å². The van der Waals surface area contributed by atoms with Gasteiger partial charge in [0.05, 0.1) is 0 Å². The Hall–Kier alpha value is -2.82. The number of halogens is 1. The predicted molar refractivity (Wildman–Crippen MR) is 114 cm³/mol. The van der Waals surface area contributed by atoms with Crippen molar-refractivity contribution in [2.75, 3.05) is 24.5 Å². The van der Waals surface area contributed by atoms with Gasteiger partial charge in [-0.25, -0.2) is 4.39 Å². The van der Waals surface area contributed by atoms with Gasteiger partial charge in [0.15, 0.2) is 0 Å². The standard InChI is InChI=1S/C24H26FN3O/c25-18-6-8-19(9-7-18)28-12-11-16(15-28)14-26-24(29)17-5-10-23-21(13-17)20-3-1-2-4-22(20)27-23/h5-10,13,16,27H,1-4,11-12,14-15H2,(H,26,29). The maximum absolute atomic E-state index is 13.1. The number of carbonyl (C=O) groups excluding carboxylic acids is 1. The summed E-state index contributed by atoms with van der Waals surface area (Å²) in [6.45, 7) is 2.49. The molecule has 29 heavy (non-hydrogen) atoms. The van der Waals surface area contributed by atoms with E-state index >= 15 is 0 Å². The van der Waals surface area contributed by atoms with E-state index in [4.69, 9.17) is 0 Å². The fourth-order valence-electron chi connectivity index (χ4n) is 4.77. The molecule has 1 atom stereocenters. The van der Waals surface area contributed by atoms with Crippen molar-refractivity contribution < 1.29 is 9.18 Å². The lowest BCUT2D eigenvalue weighted by molar-refractivity contribution is 0.0948. The van der Waals surface area contributed by atoms with E-state index in [-0.39, 0.29) is 11.7 Å². The SMILES string of the molecule is O=C(NCC1CCN(c2ccc(F)cc2)C1)c1ccc2[nH]c3c(c2c1)CCCC3. The lowest BCUT2D eigenvalue weighted by Gasteiger charge is -2.19. The van der Waals surface area contributed by atoms with Gasteiger partial charge in [0.2, 0.25) is 0 Å². The zero-order valence-corrected chi connectivity index (χ0v) is 16.5. The summed E-state index contributed by atoms with van der Waals surface area (Å²) in [4.78, 5) is 18.5. The van der Waals surface area contributed by atoms with Crippen molar-refractivity contribution in [3.8, 4) is 0 Å². The molecule has 3 aromatic rings. The van der Waals surface area contributed by atoms with Gasteiger partial charge in [-0.3, -0.25) is 4.79 Å². The molecule has 4 nitrogen and oxygen atoms in total. The van der Waals surface area contributed by atoms with E-state index < -0.39 is 0 Å². The number of hydrogen-bond acceptors (Lipinski definition) is 2. The largest absolute Gasteiger partial charge is 0.371 e. The minimum atomic E-state index is -0.211. The number of H-pyrrole nitrogens is 1. The summed E-state index contributed by atoms with van der Waals surface area (Å²) in [5.41, 5.74) is 5.66. The Morgan fingerprint density at radius 2 is 1.97 bits per heavy atom. The van der Waals surface area contributed by atoms with Gasteiger partial charge in [-0.15, -0.1) is 0 Å². The average molecular weight is 391 g/mol. The van der Waals surface area contributed by atoms with Crippen LogP contribution in [0.5, 0.6) is 0 Å². The Labute approximate surface area is 170 Å². The number of aromatic nitrogens is 1. The van der Waals surface area contributed by atoms with Gasteiger partial charge in [0, 0.05) is 47.5 Å². The van der Waals surface area contributed by atoms with Crippen LogP contribution >= 0.6 is 0 Å². The molecule has 1 amide bonds. The Balaban J connectivity index is 1.22. The molecule has 1 fully saturated rings. The van der Waals surface area contributed by atoms with Crippen LogP contribution < -0.4 is 10.2 Å². The van der Waals surface area contributed by atoms with Crippen molar-refractivity contribution in [2.45, 2.75) is 32.1 Å². The molecule has 0 saturated carbocycles. The van der Waals surface area contributed by atoms with Gasteiger partial charge in [0.1, 0.15) is 5.82 Å². The summed E-state index contributed by atoms with van der Waals surface area (Å²) in [6.07, 6.45) is 5.70. The Bertz CT molecular complexity index is 1040. The second-order valence-corrected chi connectivity index (χ2v) is 8.34. The number of benzene rings is 2. The number of aryl methyl sites for hydroxylation is 2. The molecule has 1 aromatic heterocycles. The molecule has 0 radical (unpaired) electrons. The van der Waals surface area contributed by atoms with Crippen molar-refractivity contribution in [3.63, 3.8) is 0 Å². The summed E-state index contributed by atoms with van der Waals surface area (Å²) in [7, 11) is 0. The second kappa shape index (κ2) is 7.54. The number of aromatic amines is 1. The maximum atomic E-state index is 13.1. The molecule has 0 bridgehead atoms. The average Bonchev–Trinajstić information content (AvgIpc) is 3.37. The number of anilines is 1. The number of nitrogens with zero attached hydrogens (tertiary/aromatic N) is 1. The van der Waals surface area contributed by atoms with Crippen LogP contribution in [0.2, 0.25) is 0 Å². The van der Waals surface area contributed by atoms with Gasteiger partial charge >= 0.3 is 0 Å². The number of fused-ring (bicyclic) bond motifs is 3. The molecule has 2 N–H and O–H groups in total. The first-order chi connectivity index (χ1) is 14.2. The molecule has 1 unspecified atom stereocenters. The minimum absolute atomic E-state index is 0.00195. The highest BCUT2D eigenvalue weighted by molar-refractivity contribution is 5.99. The fourth-order valence-corrected chi connectivity index (χ4v) is 4.77. The van der Waals surface area contributed by atoms with Crippen molar-refractivity contribution in [3.05, 3.63) is 65.1 Å². The molecule has 1 aliphatic heterocycles. The van der Waals surface area contributed by atoms with Gasteiger partial charge in [-0.1, -0.05) is 0 Å². The summed E-state index contributed by atoms with van der Waals surface area (Å²) in [5, 5.41) is 4.33. The fraction of sp³-hybridized carbons (Fsp3) is 0.375. The van der Waals surface area contributed by atoms with Gasteiger partial charge < -0.3 is 15.2 Å². The van der Waals surface area contributed by atoms with E-state index in [0.717, 1.165) is 49.1 Å². The smallest absolute Gasteiger partial charge is 0.251 e. The number of carbonyl (C=O) groups is 1. The Morgan fingerprint density at radius 3 is 2.83 bits per heavy atom. The van der Waals surface area contributed by atoms with E-state index in [1.54, 1.807) is 0 Å². The van der Waals surface area contributed by atoms with Crippen molar-refractivity contribution in [1.29, 1.82) is 0 Å². The number of rotatable bonds is 4. The molecule has 2 aliphatic rings. The number of amides is 1. The van der Waals surface area contributed by atoms with E-state index in [2.05, 4.69) is 15.2 Å². The predicted octanol–water partition coefficient (Wildman–Crippen LogP) is 4.44. The summed E-state index contributed by atoms with van der Waals surface area (Å²) in [5.74, 6) is 0.197. The van der Waals surface area contributed by atoms with Crippen LogP contribution in [-0.4, -0.2) is 30.5 Å². The van der Waals surface area contributed by atoms with Crippen LogP contribution in [0.4, 0.5) is 10.1 Å². The van der Waals surface area contributed by atoms with Crippen LogP contribution in [0.25, 0.3) is 10.9 Å². The molecular formula is C24H26FN3O. The third-order valence-electron chi connectivity index (χ3n) is 6.39. The lowest BCUT2D eigenvalue weighted by atomic mass is 9.95. The van der Waals surface area contributed by atoms with E-state index in [1.165, 1.54) is 41.6 Å². The first-order valence-corrected chi connectivity index (χ1v) is 10.6. The van der Waals surface area contributed by atoms with Crippen LogP contribution in [0.15, 0.2) is 42.5 Å². The molecule has 0 spiro atoms. The van der Waals surface area contributed by atoms with Gasteiger partial charge in [-0.05, 0) is 86.1 Å². The van der Waals surface area contributed by atoms with Crippen molar-refractivity contribution in [2.24, 2.45) is 5.92 Å². The highest BCUT2D eigenvalue weighted by Gasteiger charge is 2.23. The van der Waals surface area contributed by atoms with Crippen LogP contribution in [0.3, 0.4) is 0 Å². The van der Waals surface area contributed by atoms with E-state index in [0.29, 0.717) is 12.5 Å². The normalized spacial score (nSPS) is 18.8. The van der Waals surface area contributed by atoms with E-state index in [1.807, 2.05) is 30.3 Å². The topological polar surface area (TPSA) is 48.1 Å². The molecule has 1 aliphatic carbocycles. The zero-order valence-electron chi connectivity index (χ0n) is 16.5. The number of nitrogens with one attached hydrogen (secondary N) is 2. The summed E-state index contributed by atoms with van der Waals surface area (Å²) in [6, 6.07) is 12.6. The van der Waals surface area contributed by atoms with Crippen LogP contribution in [-0.2, 0) is 12.8 Å². The molecule has 5 heteroatoms. The molecule has 1 saturated heterocycles. The third-order valence-corrected chi connectivity index (χ3v) is 6.39. The third kappa shape index (κ3) is 3.61. The van der Waals surface area contributed by atoms with Gasteiger partial charge in [-0.2, -0.15) is 0 Å². The lowest BCUT2D eigenvalue weighted by Crippen LogP contribution is -2.31. The van der Waals surface area contributed by atoms with Crippen LogP contribution in [0.1, 0.15) is 40.9 Å². The Kier molecular flexibility index (Phi) is 4.74. The van der Waals surface area contributed by atoms with Crippen molar-refractivity contribution >= 4 is 22.5 Å². The Morgan fingerprint density at radius 1 is 1.14 bits per heavy atom. The minimum Gasteiger partial charge on any atom is -0.371 e. The highest BCUT2D eigenvalue weighted by Crippen LogP contribution is 2.30. The summed E-state index contributed by atoms with van der Waals surface area (Å²) < 4.78 is 13.1. The molecule has 5 rings (SSSR count). The quantitative estimate of drug-likeness (QED) is 0.691. The first kappa shape index (κ1) is 18.2. The van der Waals surface area contributed by atoms with Gasteiger partial charge in [0.25, 0.3) is 5.91 Å². The molecule has 2 aromatic carbocycles. The zero-order chi connectivity index (χ0) is 19.8. The molecular weight excluding hydrogens is 365 g/mol. The highest BCUT2D eigenvalue weighted by atomic mass is 19.1. The van der Waals surface area contributed by atoms with Crippen molar-refractivity contribution in [1.82, 2.24) is 10.3 Å². The molecule has 150 valence electrons. The summed E-state index contributed by atoms with van der Waals surface area (Å²) >= 11 is 0. The molecule has 2 heterocycles. The first-order valence-electron chi connectivity index (χ1n) is 10.6.